The lowest BCUT2D eigenvalue weighted by atomic mass is 9.68. The molecule has 0 aliphatic carbocycles. The number of nitrogens with one attached hydrogen (secondary N) is 1. The summed E-state index contributed by atoms with van der Waals surface area (Å²) in [6.07, 6.45) is 3.38. The van der Waals surface area contributed by atoms with E-state index in [-0.39, 0.29) is 17.7 Å². The lowest BCUT2D eigenvalue weighted by Gasteiger charge is -2.36. The van der Waals surface area contributed by atoms with Gasteiger partial charge in [-0.15, -0.1) is 0 Å². The number of esters is 1. The third kappa shape index (κ3) is 5.36. The Morgan fingerprint density at radius 3 is 2.47 bits per heavy atom. The molecule has 1 atom stereocenters. The van der Waals surface area contributed by atoms with Gasteiger partial charge in [-0.3, -0.25) is 4.79 Å². The molecule has 1 heterocycles. The summed E-state index contributed by atoms with van der Waals surface area (Å²) >= 11 is 0. The van der Waals surface area contributed by atoms with E-state index in [4.69, 9.17) is 4.74 Å². The lowest BCUT2D eigenvalue weighted by molar-refractivity contribution is -0.150. The van der Waals surface area contributed by atoms with Crippen LogP contribution in [0, 0.1) is 11.7 Å². The first kappa shape index (κ1) is 23.9. The average Bonchev–Trinajstić information content (AvgIpc) is 3.19. The first-order valence-corrected chi connectivity index (χ1v) is 11.3. The Labute approximate surface area is 190 Å². The molecule has 1 unspecified atom stereocenters. The summed E-state index contributed by atoms with van der Waals surface area (Å²) in [7, 11) is 3.53. The topological polar surface area (TPSA) is 58.2 Å². The molecular formula is C26H34FN3O2. The fourth-order valence-electron chi connectivity index (χ4n) is 4.53. The Hall–Kier alpha value is -2.73. The van der Waals surface area contributed by atoms with E-state index in [0.29, 0.717) is 6.42 Å². The number of methoxy groups -OCH3 is 1. The van der Waals surface area contributed by atoms with E-state index in [1.165, 1.54) is 19.2 Å². The monoisotopic (exact) mass is 439 g/mol. The van der Waals surface area contributed by atoms with Crippen LogP contribution in [-0.4, -0.2) is 48.1 Å². The van der Waals surface area contributed by atoms with Gasteiger partial charge in [0.25, 0.3) is 0 Å². The molecule has 1 aromatic heterocycles. The minimum absolute atomic E-state index is 0.0267. The molecule has 3 rings (SSSR count). The molecule has 5 nitrogen and oxygen atoms in total. The van der Waals surface area contributed by atoms with Gasteiger partial charge in [0, 0.05) is 6.42 Å². The molecule has 3 aromatic rings. The van der Waals surface area contributed by atoms with E-state index < -0.39 is 5.41 Å². The quantitative estimate of drug-likeness (QED) is 0.422. The van der Waals surface area contributed by atoms with E-state index in [1.807, 2.05) is 38.1 Å². The Balaban J connectivity index is 1.56. The van der Waals surface area contributed by atoms with Gasteiger partial charge in [-0.2, -0.15) is 0 Å². The summed E-state index contributed by atoms with van der Waals surface area (Å²) in [5.41, 5.74) is 2.11. The molecule has 1 N–H and O–H groups in total. The third-order valence-corrected chi connectivity index (χ3v) is 6.40. The van der Waals surface area contributed by atoms with Crippen molar-refractivity contribution in [2.24, 2.45) is 5.92 Å². The number of rotatable bonds is 11. The van der Waals surface area contributed by atoms with Gasteiger partial charge in [-0.25, -0.2) is 9.37 Å². The highest BCUT2D eigenvalue weighted by Gasteiger charge is 2.43. The number of carbonyl (C=O) groups is 1. The number of para-hydroxylation sites is 2. The maximum absolute atomic E-state index is 13.5. The molecule has 0 aliphatic rings. The number of carbonyl (C=O) groups excluding carboxylic acids is 1. The molecule has 0 radical (unpaired) electrons. The maximum Gasteiger partial charge on any atom is 0.316 e. The van der Waals surface area contributed by atoms with Gasteiger partial charge in [-0.05, 0) is 75.1 Å². The number of nitrogens with zero attached hydrogens (tertiary/aromatic N) is 2. The van der Waals surface area contributed by atoms with Crippen molar-refractivity contribution >= 4 is 17.0 Å². The molecule has 0 amide bonds. The highest BCUT2D eigenvalue weighted by molar-refractivity contribution is 5.83. The summed E-state index contributed by atoms with van der Waals surface area (Å²) in [6, 6.07) is 14.3. The fourth-order valence-corrected chi connectivity index (χ4v) is 4.53. The molecular weight excluding hydrogens is 405 g/mol. The maximum atomic E-state index is 13.5. The van der Waals surface area contributed by atoms with Gasteiger partial charge in [0.15, 0.2) is 0 Å². The van der Waals surface area contributed by atoms with Crippen LogP contribution in [0.15, 0.2) is 48.5 Å². The van der Waals surface area contributed by atoms with Crippen molar-refractivity contribution in [1.82, 2.24) is 14.9 Å². The second-order valence-corrected chi connectivity index (χ2v) is 8.84. The standard InChI is InChI=1S/C26H34FN3O2/c1-19(2)26(25(31)32-4,20-12-14-21(27)15-13-20)16-8-18-30(3)17-7-11-24-28-22-9-5-6-10-23(22)29-24/h5-6,9-10,12-15,19H,7-8,11,16-18H2,1-4H3,(H,28,29). The Morgan fingerprint density at radius 2 is 1.81 bits per heavy atom. The highest BCUT2D eigenvalue weighted by Crippen LogP contribution is 2.38. The van der Waals surface area contributed by atoms with Gasteiger partial charge in [0.2, 0.25) is 0 Å². The van der Waals surface area contributed by atoms with Crippen molar-refractivity contribution in [1.29, 1.82) is 0 Å². The highest BCUT2D eigenvalue weighted by atomic mass is 19.1. The average molecular weight is 440 g/mol. The molecule has 0 spiro atoms. The van der Waals surface area contributed by atoms with Gasteiger partial charge in [0.1, 0.15) is 11.6 Å². The van der Waals surface area contributed by atoms with Crippen molar-refractivity contribution in [2.75, 3.05) is 27.2 Å². The molecule has 0 saturated heterocycles. The molecule has 172 valence electrons. The summed E-state index contributed by atoms with van der Waals surface area (Å²) < 4.78 is 18.7. The largest absolute Gasteiger partial charge is 0.468 e. The van der Waals surface area contributed by atoms with Crippen molar-refractivity contribution in [3.05, 3.63) is 65.7 Å². The number of ether oxygens (including phenoxy) is 1. The number of fused-ring (bicyclic) bond motifs is 1. The van der Waals surface area contributed by atoms with E-state index >= 15 is 0 Å². The van der Waals surface area contributed by atoms with Crippen LogP contribution in [0.3, 0.4) is 0 Å². The fraction of sp³-hybridized carbons (Fsp3) is 0.462. The minimum atomic E-state index is -0.780. The van der Waals surface area contributed by atoms with E-state index in [0.717, 1.165) is 54.8 Å². The zero-order valence-electron chi connectivity index (χ0n) is 19.5. The van der Waals surface area contributed by atoms with Crippen LogP contribution in [0.4, 0.5) is 4.39 Å². The second kappa shape index (κ2) is 10.7. The van der Waals surface area contributed by atoms with Gasteiger partial charge < -0.3 is 14.6 Å². The van der Waals surface area contributed by atoms with Crippen LogP contribution >= 0.6 is 0 Å². The Kier molecular flexibility index (Phi) is 8.02. The molecule has 32 heavy (non-hydrogen) atoms. The number of benzene rings is 2. The summed E-state index contributed by atoms with van der Waals surface area (Å²) in [5, 5.41) is 0. The number of hydrogen-bond donors (Lipinski definition) is 1. The first-order valence-electron chi connectivity index (χ1n) is 11.3. The molecule has 6 heteroatoms. The van der Waals surface area contributed by atoms with Crippen LogP contribution in [-0.2, 0) is 21.4 Å². The number of H-pyrrole nitrogens is 1. The number of imidazole rings is 1. The molecule has 0 saturated carbocycles. The zero-order valence-corrected chi connectivity index (χ0v) is 19.5. The van der Waals surface area contributed by atoms with Gasteiger partial charge in [-0.1, -0.05) is 38.1 Å². The number of halogens is 1. The van der Waals surface area contributed by atoms with Crippen molar-refractivity contribution in [2.45, 2.75) is 44.9 Å². The van der Waals surface area contributed by atoms with Crippen molar-refractivity contribution in [3.8, 4) is 0 Å². The second-order valence-electron chi connectivity index (χ2n) is 8.84. The third-order valence-electron chi connectivity index (χ3n) is 6.40. The normalized spacial score (nSPS) is 13.6. The lowest BCUT2D eigenvalue weighted by Crippen LogP contribution is -2.42. The summed E-state index contributed by atoms with van der Waals surface area (Å²) in [5.74, 6) is 0.478. The van der Waals surface area contributed by atoms with E-state index in [9.17, 15) is 9.18 Å². The van der Waals surface area contributed by atoms with Gasteiger partial charge in [0.05, 0.1) is 23.6 Å². The van der Waals surface area contributed by atoms with Crippen LogP contribution in [0.25, 0.3) is 11.0 Å². The SMILES string of the molecule is COC(=O)C(CCCN(C)CCCc1nc2ccccc2[nH]1)(c1ccc(F)cc1)C(C)C. The number of aromatic amines is 1. The number of hydrogen-bond acceptors (Lipinski definition) is 4. The molecule has 0 aliphatic heterocycles. The zero-order chi connectivity index (χ0) is 23.1. The van der Waals surface area contributed by atoms with E-state index in [2.05, 4.69) is 21.9 Å². The van der Waals surface area contributed by atoms with Crippen LogP contribution in [0.5, 0.6) is 0 Å². The van der Waals surface area contributed by atoms with E-state index in [1.54, 1.807) is 12.1 Å². The van der Waals surface area contributed by atoms with Crippen LogP contribution in [0.2, 0.25) is 0 Å². The Morgan fingerprint density at radius 1 is 1.12 bits per heavy atom. The van der Waals surface area contributed by atoms with Gasteiger partial charge >= 0.3 is 5.97 Å². The molecule has 2 aromatic carbocycles. The number of aryl methyl sites for hydroxylation is 1. The van der Waals surface area contributed by atoms with Crippen LogP contribution in [0.1, 0.15) is 44.5 Å². The molecule has 0 bridgehead atoms. The first-order chi connectivity index (χ1) is 15.4. The molecule has 0 fully saturated rings. The van der Waals surface area contributed by atoms with Crippen LogP contribution < -0.4 is 0 Å². The minimum Gasteiger partial charge on any atom is -0.468 e. The predicted octanol–water partition coefficient (Wildman–Crippen LogP) is 5.11. The Bertz CT molecular complexity index is 982. The summed E-state index contributed by atoms with van der Waals surface area (Å²) in [4.78, 5) is 23.2. The smallest absolute Gasteiger partial charge is 0.316 e. The van der Waals surface area contributed by atoms with Crippen molar-refractivity contribution in [3.63, 3.8) is 0 Å². The predicted molar refractivity (Wildman–Crippen MR) is 126 cm³/mol. The number of aromatic nitrogens is 2. The van der Waals surface area contributed by atoms with Crippen molar-refractivity contribution < 1.29 is 13.9 Å². The summed E-state index contributed by atoms with van der Waals surface area (Å²) in [6.45, 7) is 5.86.